The topological polar surface area (TPSA) is 67.5 Å². The summed E-state index contributed by atoms with van der Waals surface area (Å²) >= 11 is 0. The predicted molar refractivity (Wildman–Crippen MR) is 85.9 cm³/mol. The highest BCUT2D eigenvalue weighted by molar-refractivity contribution is 5.71. The molecule has 0 unspecified atom stereocenters. The summed E-state index contributed by atoms with van der Waals surface area (Å²) < 4.78 is 1.30. The van der Waals surface area contributed by atoms with Crippen molar-refractivity contribution >= 4 is 12.2 Å². The van der Waals surface area contributed by atoms with Crippen LogP contribution in [0.1, 0.15) is 31.0 Å². The first kappa shape index (κ1) is 14.3. The van der Waals surface area contributed by atoms with Crippen LogP contribution >= 0.6 is 0 Å². The average Bonchev–Trinajstić information content (AvgIpc) is 2.81. The van der Waals surface area contributed by atoms with Gasteiger partial charge in [-0.05, 0) is 25.0 Å². The smallest absolute Gasteiger partial charge is 0.278 e. The van der Waals surface area contributed by atoms with Crippen LogP contribution in [0.25, 0.3) is 23.5 Å². The van der Waals surface area contributed by atoms with E-state index in [4.69, 9.17) is 0 Å². The number of nitrogens with zero attached hydrogens (tertiary/aromatic N) is 3. The first-order chi connectivity index (χ1) is 10.4. The van der Waals surface area contributed by atoms with Crippen LogP contribution in [0.15, 0.2) is 29.1 Å². The Kier molecular flexibility index (Phi) is 3.20. The van der Waals surface area contributed by atoms with E-state index < -0.39 is 0 Å². The molecule has 3 aromatic rings. The van der Waals surface area contributed by atoms with Crippen molar-refractivity contribution in [3.8, 4) is 17.0 Å². The SMILES string of the molecule is C=c1c(C(C)C)nn2c(=O)c(C)c(-c3ccccc3O)nc12. The molecule has 22 heavy (non-hydrogen) atoms. The molecule has 0 spiro atoms. The van der Waals surface area contributed by atoms with E-state index in [1.807, 2.05) is 13.8 Å². The zero-order valence-corrected chi connectivity index (χ0v) is 12.8. The molecule has 2 heterocycles. The fraction of sp³-hybridized carbons (Fsp3) is 0.235. The summed E-state index contributed by atoms with van der Waals surface area (Å²) in [4.78, 5) is 17.1. The Morgan fingerprint density at radius 2 is 1.95 bits per heavy atom. The molecule has 3 rings (SSSR count). The highest BCUT2D eigenvalue weighted by Gasteiger charge is 2.18. The van der Waals surface area contributed by atoms with E-state index in [9.17, 15) is 9.90 Å². The lowest BCUT2D eigenvalue weighted by Crippen LogP contribution is -2.20. The van der Waals surface area contributed by atoms with E-state index in [1.54, 1.807) is 31.2 Å². The van der Waals surface area contributed by atoms with E-state index in [0.717, 1.165) is 5.69 Å². The Balaban J connectivity index is 2.42. The van der Waals surface area contributed by atoms with Crippen molar-refractivity contribution in [1.82, 2.24) is 14.6 Å². The van der Waals surface area contributed by atoms with Gasteiger partial charge in [-0.2, -0.15) is 9.61 Å². The Hall–Kier alpha value is -2.69. The Morgan fingerprint density at radius 3 is 2.59 bits per heavy atom. The number of rotatable bonds is 2. The summed E-state index contributed by atoms with van der Waals surface area (Å²) in [5.41, 5.74) is 2.42. The third kappa shape index (κ3) is 1.97. The lowest BCUT2D eigenvalue weighted by atomic mass is 10.1. The maximum Gasteiger partial charge on any atom is 0.278 e. The van der Waals surface area contributed by atoms with Gasteiger partial charge in [0.25, 0.3) is 5.56 Å². The molecule has 0 amide bonds. The molecule has 1 aromatic carbocycles. The average molecular weight is 295 g/mol. The predicted octanol–water partition coefficient (Wildman–Crippen LogP) is 2.02. The number of phenolic OH excluding ortho intramolecular Hbond substituents is 1. The van der Waals surface area contributed by atoms with Crippen LogP contribution in [0.4, 0.5) is 0 Å². The molecule has 0 atom stereocenters. The van der Waals surface area contributed by atoms with Crippen molar-refractivity contribution in [3.63, 3.8) is 0 Å². The zero-order chi connectivity index (χ0) is 16.0. The van der Waals surface area contributed by atoms with Gasteiger partial charge >= 0.3 is 0 Å². The number of benzene rings is 1. The maximum atomic E-state index is 12.6. The maximum absolute atomic E-state index is 12.6. The van der Waals surface area contributed by atoms with Gasteiger partial charge in [-0.3, -0.25) is 4.79 Å². The second-order valence-electron chi connectivity index (χ2n) is 5.66. The Bertz CT molecular complexity index is 974. The van der Waals surface area contributed by atoms with Crippen molar-refractivity contribution in [2.24, 2.45) is 0 Å². The summed E-state index contributed by atoms with van der Waals surface area (Å²) in [5.74, 6) is 0.249. The third-order valence-electron chi connectivity index (χ3n) is 3.78. The molecular formula is C17H17N3O2. The molecule has 2 aromatic heterocycles. The molecule has 1 N–H and O–H groups in total. The Labute approximate surface area is 127 Å². The van der Waals surface area contributed by atoms with Crippen LogP contribution < -0.4 is 10.8 Å². The molecule has 112 valence electrons. The fourth-order valence-electron chi connectivity index (χ4n) is 2.56. The minimum Gasteiger partial charge on any atom is -0.507 e. The van der Waals surface area contributed by atoms with Gasteiger partial charge in [0.2, 0.25) is 0 Å². The molecule has 5 heteroatoms. The van der Waals surface area contributed by atoms with Crippen LogP contribution in [-0.2, 0) is 0 Å². The standard InChI is InChI=1S/C17H17N3O2/c1-9(2)14-10(3)16-18-15(11(4)17(22)20(16)19-14)12-7-5-6-8-13(12)21/h5-9,21H,3H2,1-2,4H3. The number of para-hydroxylation sites is 1. The highest BCUT2D eigenvalue weighted by atomic mass is 16.3. The lowest BCUT2D eigenvalue weighted by Gasteiger charge is -2.06. The number of hydrogen-bond acceptors (Lipinski definition) is 4. The summed E-state index contributed by atoms with van der Waals surface area (Å²) in [5, 5.41) is 15.0. The van der Waals surface area contributed by atoms with E-state index in [2.05, 4.69) is 16.7 Å². The molecular weight excluding hydrogens is 278 g/mol. The Morgan fingerprint density at radius 1 is 1.27 bits per heavy atom. The van der Waals surface area contributed by atoms with Crippen molar-refractivity contribution in [3.05, 3.63) is 51.1 Å². The van der Waals surface area contributed by atoms with Crippen LogP contribution in [0, 0.1) is 6.92 Å². The van der Waals surface area contributed by atoms with Gasteiger partial charge in [-0.1, -0.05) is 32.6 Å². The number of phenols is 1. The van der Waals surface area contributed by atoms with Crippen LogP contribution in [0.3, 0.4) is 0 Å². The molecule has 0 bridgehead atoms. The minimum atomic E-state index is -0.236. The zero-order valence-electron chi connectivity index (χ0n) is 12.8. The fourth-order valence-corrected chi connectivity index (χ4v) is 2.56. The third-order valence-corrected chi connectivity index (χ3v) is 3.78. The van der Waals surface area contributed by atoms with Crippen LogP contribution in [-0.4, -0.2) is 19.7 Å². The molecule has 0 saturated heterocycles. The quantitative estimate of drug-likeness (QED) is 0.785. The first-order valence-corrected chi connectivity index (χ1v) is 7.12. The number of hydrogen-bond donors (Lipinski definition) is 1. The molecule has 5 nitrogen and oxygen atoms in total. The molecule has 0 aliphatic carbocycles. The van der Waals surface area contributed by atoms with Crippen LogP contribution in [0.5, 0.6) is 5.75 Å². The summed E-state index contributed by atoms with van der Waals surface area (Å²) in [6.45, 7) is 9.70. The van der Waals surface area contributed by atoms with Gasteiger partial charge in [0.1, 0.15) is 5.75 Å². The van der Waals surface area contributed by atoms with Crippen molar-refractivity contribution in [1.29, 1.82) is 0 Å². The number of aromatic hydroxyl groups is 1. The first-order valence-electron chi connectivity index (χ1n) is 7.12. The highest BCUT2D eigenvalue weighted by Crippen LogP contribution is 2.28. The molecule has 0 saturated carbocycles. The largest absolute Gasteiger partial charge is 0.507 e. The molecule has 0 radical (unpaired) electrons. The summed E-state index contributed by atoms with van der Waals surface area (Å²) in [6, 6.07) is 6.84. The minimum absolute atomic E-state index is 0.0936. The van der Waals surface area contributed by atoms with E-state index in [0.29, 0.717) is 27.7 Å². The monoisotopic (exact) mass is 295 g/mol. The molecule has 0 aliphatic heterocycles. The van der Waals surface area contributed by atoms with E-state index in [1.165, 1.54) is 4.52 Å². The van der Waals surface area contributed by atoms with Gasteiger partial charge in [-0.15, -0.1) is 0 Å². The second-order valence-corrected chi connectivity index (χ2v) is 5.66. The van der Waals surface area contributed by atoms with Gasteiger partial charge in [0.15, 0.2) is 5.65 Å². The van der Waals surface area contributed by atoms with Gasteiger partial charge in [0.05, 0.1) is 11.4 Å². The van der Waals surface area contributed by atoms with Crippen LogP contribution in [0.2, 0.25) is 0 Å². The number of fused-ring (bicyclic) bond motifs is 1. The summed E-state index contributed by atoms with van der Waals surface area (Å²) in [7, 11) is 0. The van der Waals surface area contributed by atoms with Gasteiger partial charge < -0.3 is 5.11 Å². The van der Waals surface area contributed by atoms with Gasteiger partial charge in [-0.25, -0.2) is 4.98 Å². The lowest BCUT2D eigenvalue weighted by molar-refractivity contribution is 0.477. The van der Waals surface area contributed by atoms with E-state index >= 15 is 0 Å². The molecule has 0 aliphatic rings. The van der Waals surface area contributed by atoms with Gasteiger partial charge in [0, 0.05) is 16.3 Å². The van der Waals surface area contributed by atoms with Crippen molar-refractivity contribution in [2.45, 2.75) is 26.7 Å². The second kappa shape index (κ2) is 4.94. The van der Waals surface area contributed by atoms with Crippen molar-refractivity contribution in [2.75, 3.05) is 0 Å². The molecule has 0 fully saturated rings. The van der Waals surface area contributed by atoms with E-state index in [-0.39, 0.29) is 17.2 Å². The number of aromatic nitrogens is 3. The summed E-state index contributed by atoms with van der Waals surface area (Å²) in [6.07, 6.45) is 0. The van der Waals surface area contributed by atoms with Crippen molar-refractivity contribution < 1.29 is 5.11 Å². The normalized spacial score (nSPS) is 11.5.